The van der Waals surface area contributed by atoms with E-state index in [4.69, 9.17) is 0 Å². The van der Waals surface area contributed by atoms with Crippen LogP contribution in [0.1, 0.15) is 47.2 Å². The number of aliphatic hydroxyl groups is 1. The maximum absolute atomic E-state index is 13.7. The molecule has 0 unspecified atom stereocenters. The number of carbonyl (C=O) groups is 3. The lowest BCUT2D eigenvalue weighted by Crippen LogP contribution is -2.54. The third kappa shape index (κ3) is 10.7. The number of benzene rings is 3. The first-order chi connectivity index (χ1) is 20.5. The van der Waals surface area contributed by atoms with Crippen molar-refractivity contribution in [2.24, 2.45) is 0 Å². The lowest BCUT2D eigenvalue weighted by Gasteiger charge is -2.29. The number of aryl methyl sites for hydroxylation is 3. The second kappa shape index (κ2) is 16.7. The Bertz CT molecular complexity index is 1390. The summed E-state index contributed by atoms with van der Waals surface area (Å²) in [5, 5.41) is 17.3. The van der Waals surface area contributed by atoms with E-state index in [0.29, 0.717) is 6.54 Å². The van der Waals surface area contributed by atoms with Crippen molar-refractivity contribution in [3.63, 3.8) is 0 Å². The van der Waals surface area contributed by atoms with Gasteiger partial charge in [-0.15, -0.1) is 11.8 Å². The molecule has 3 aromatic carbocycles. The Morgan fingerprint density at radius 3 is 2.16 bits per heavy atom. The molecule has 7 nitrogen and oxygen atoms in total. The second-order valence-corrected chi connectivity index (χ2v) is 12.5. The number of carbonyl (C=O) groups excluding carboxylic acids is 3. The largest absolute Gasteiger partial charge is 0.381 e. The van der Waals surface area contributed by atoms with E-state index in [1.165, 1.54) is 22.7 Å². The molecule has 3 aromatic rings. The highest BCUT2D eigenvalue weighted by atomic mass is 32.2. The summed E-state index contributed by atoms with van der Waals surface area (Å²) in [6.45, 7) is 10.1. The minimum atomic E-state index is -1.56. The van der Waals surface area contributed by atoms with E-state index in [1.54, 1.807) is 6.08 Å². The predicted molar refractivity (Wildman–Crippen MR) is 175 cm³/mol. The molecule has 3 amide bonds. The number of amides is 3. The molecule has 0 aliphatic rings. The van der Waals surface area contributed by atoms with Gasteiger partial charge in [0.25, 0.3) is 5.91 Å². The van der Waals surface area contributed by atoms with Gasteiger partial charge in [0.05, 0.1) is 11.9 Å². The Morgan fingerprint density at radius 2 is 1.51 bits per heavy atom. The quantitative estimate of drug-likeness (QED) is 0.179. The van der Waals surface area contributed by atoms with Gasteiger partial charge < -0.3 is 20.6 Å². The van der Waals surface area contributed by atoms with Crippen LogP contribution in [0.4, 0.5) is 0 Å². The Hall–Kier alpha value is -3.88. The number of aliphatic hydroxyl groups excluding tert-OH is 1. The molecule has 0 aliphatic carbocycles. The molecule has 2 atom stereocenters. The average molecular weight is 602 g/mol. The Morgan fingerprint density at radius 1 is 0.884 bits per heavy atom. The highest BCUT2D eigenvalue weighted by Crippen LogP contribution is 2.17. The van der Waals surface area contributed by atoms with Crippen molar-refractivity contribution in [3.05, 3.63) is 112 Å². The highest BCUT2D eigenvalue weighted by Gasteiger charge is 2.32. The zero-order valence-corrected chi connectivity index (χ0v) is 26.5. The second-order valence-electron chi connectivity index (χ2n) is 11.0. The van der Waals surface area contributed by atoms with E-state index in [9.17, 15) is 19.5 Å². The third-order valence-electron chi connectivity index (χ3n) is 7.15. The molecule has 0 saturated carbocycles. The first-order valence-electron chi connectivity index (χ1n) is 14.5. The number of nitrogens with one attached hydrogen (secondary N) is 2. The fourth-order valence-corrected chi connectivity index (χ4v) is 5.30. The van der Waals surface area contributed by atoms with E-state index < -0.39 is 24.0 Å². The van der Waals surface area contributed by atoms with Crippen LogP contribution in [0, 0.1) is 20.8 Å². The van der Waals surface area contributed by atoms with Crippen molar-refractivity contribution in [3.8, 4) is 0 Å². The van der Waals surface area contributed by atoms with E-state index in [2.05, 4.69) is 10.6 Å². The van der Waals surface area contributed by atoms with Crippen LogP contribution in [0.15, 0.2) is 78.9 Å². The van der Waals surface area contributed by atoms with Gasteiger partial charge in [-0.1, -0.05) is 86.6 Å². The van der Waals surface area contributed by atoms with Gasteiger partial charge >= 0.3 is 0 Å². The molecule has 0 fully saturated rings. The number of hydrogen-bond donors (Lipinski definition) is 3. The van der Waals surface area contributed by atoms with E-state index in [0.717, 1.165) is 33.4 Å². The smallest absolute Gasteiger partial charge is 0.254 e. The maximum atomic E-state index is 13.7. The SMILES string of the molecule is Cc1ccccc1CNC(=O)CN(CSC(C)C)C(=O)[C@@H](O)[C@H](Cc1ccccc1)NC(=O)C=Cc1c(C)cccc1C. The zero-order chi connectivity index (χ0) is 31.4. The zero-order valence-electron chi connectivity index (χ0n) is 25.7. The van der Waals surface area contributed by atoms with Gasteiger partial charge in [0.1, 0.15) is 6.54 Å². The molecule has 0 heterocycles. The van der Waals surface area contributed by atoms with Crippen LogP contribution in [-0.4, -0.2) is 57.5 Å². The highest BCUT2D eigenvalue weighted by molar-refractivity contribution is 7.99. The Kier molecular flexibility index (Phi) is 13.0. The minimum absolute atomic E-state index is 0.206. The standard InChI is InChI=1S/C35H43N3O4S/c1-24(2)43-23-38(22-33(40)36-21-29-17-10-9-12-25(29)3)35(42)34(41)31(20-28-15-7-6-8-16-28)37-32(39)19-18-30-26(4)13-11-14-27(30)5/h6-19,24,31,34,41H,20-23H2,1-5H3,(H,36,40)(H,37,39)/t31-,34-/m0/s1. The van der Waals surface area contributed by atoms with Gasteiger partial charge in [0.15, 0.2) is 6.10 Å². The fourth-order valence-electron chi connectivity index (χ4n) is 4.61. The Balaban J connectivity index is 1.77. The molecule has 0 bridgehead atoms. The number of nitrogens with zero attached hydrogens (tertiary/aromatic N) is 1. The summed E-state index contributed by atoms with van der Waals surface area (Å²) in [5.74, 6) is -1.13. The first-order valence-corrected chi connectivity index (χ1v) is 15.6. The first kappa shape index (κ1) is 33.6. The van der Waals surface area contributed by atoms with Crippen molar-refractivity contribution >= 4 is 35.6 Å². The van der Waals surface area contributed by atoms with Crippen molar-refractivity contribution in [2.75, 3.05) is 12.4 Å². The van der Waals surface area contributed by atoms with Gasteiger partial charge in [-0.3, -0.25) is 14.4 Å². The van der Waals surface area contributed by atoms with Gasteiger partial charge in [-0.05, 0) is 66.6 Å². The molecule has 0 aromatic heterocycles. The normalized spacial score (nSPS) is 12.6. The molecule has 43 heavy (non-hydrogen) atoms. The van der Waals surface area contributed by atoms with E-state index in [-0.39, 0.29) is 30.0 Å². The Labute approximate surface area is 259 Å². The molecule has 8 heteroatoms. The van der Waals surface area contributed by atoms with Crippen molar-refractivity contribution in [1.29, 1.82) is 0 Å². The molecule has 0 aliphatic heterocycles. The molecule has 3 rings (SSSR count). The molecular weight excluding hydrogens is 558 g/mol. The molecule has 0 spiro atoms. The minimum Gasteiger partial charge on any atom is -0.381 e. The van der Waals surface area contributed by atoms with Gasteiger partial charge in [-0.2, -0.15) is 0 Å². The van der Waals surface area contributed by atoms with Crippen molar-refractivity contribution in [2.45, 2.75) is 65.0 Å². The fraction of sp³-hybridized carbons (Fsp3) is 0.343. The maximum Gasteiger partial charge on any atom is 0.254 e. The van der Waals surface area contributed by atoms with Gasteiger partial charge in [-0.25, -0.2) is 0 Å². The molecule has 0 radical (unpaired) electrons. The summed E-state index contributed by atoms with van der Waals surface area (Å²) >= 11 is 1.50. The van der Waals surface area contributed by atoms with Gasteiger partial charge in [0, 0.05) is 17.9 Å². The molecule has 228 valence electrons. The monoisotopic (exact) mass is 601 g/mol. The summed E-state index contributed by atoms with van der Waals surface area (Å²) < 4.78 is 0. The third-order valence-corrected chi connectivity index (χ3v) is 8.28. The van der Waals surface area contributed by atoms with Crippen molar-refractivity contribution in [1.82, 2.24) is 15.5 Å². The van der Waals surface area contributed by atoms with Crippen molar-refractivity contribution < 1.29 is 19.5 Å². The van der Waals surface area contributed by atoms with E-state index in [1.807, 2.05) is 107 Å². The lowest BCUT2D eigenvalue weighted by atomic mass is 9.99. The number of hydrogen-bond acceptors (Lipinski definition) is 5. The summed E-state index contributed by atoms with van der Waals surface area (Å²) in [6, 6.07) is 22.2. The summed E-state index contributed by atoms with van der Waals surface area (Å²) in [4.78, 5) is 41.1. The van der Waals surface area contributed by atoms with Gasteiger partial charge in [0.2, 0.25) is 11.8 Å². The van der Waals surface area contributed by atoms with Crippen LogP contribution < -0.4 is 10.6 Å². The molecular formula is C35H43N3O4S. The average Bonchev–Trinajstić information content (AvgIpc) is 2.98. The lowest BCUT2D eigenvalue weighted by molar-refractivity contribution is -0.144. The molecule has 0 saturated heterocycles. The van der Waals surface area contributed by atoms with Crippen LogP contribution in [-0.2, 0) is 27.3 Å². The summed E-state index contributed by atoms with van der Waals surface area (Å²) in [5.41, 5.74) is 5.94. The predicted octanol–water partition coefficient (Wildman–Crippen LogP) is 4.96. The van der Waals surface area contributed by atoms with Crippen LogP contribution >= 0.6 is 11.8 Å². The van der Waals surface area contributed by atoms with Crippen LogP contribution in [0.3, 0.4) is 0 Å². The van der Waals surface area contributed by atoms with Crippen LogP contribution in [0.5, 0.6) is 0 Å². The molecule has 3 N–H and O–H groups in total. The number of thioether (sulfide) groups is 1. The number of rotatable bonds is 14. The summed E-state index contributed by atoms with van der Waals surface area (Å²) in [7, 11) is 0. The van der Waals surface area contributed by atoms with Crippen LogP contribution in [0.25, 0.3) is 6.08 Å². The van der Waals surface area contributed by atoms with Crippen LogP contribution in [0.2, 0.25) is 0 Å². The van der Waals surface area contributed by atoms with E-state index >= 15 is 0 Å². The summed E-state index contributed by atoms with van der Waals surface area (Å²) in [6.07, 6.45) is 1.85. The topological polar surface area (TPSA) is 98.7 Å².